The van der Waals surface area contributed by atoms with Crippen molar-refractivity contribution < 1.29 is 18.0 Å². The third-order valence-electron chi connectivity index (χ3n) is 4.23. The summed E-state index contributed by atoms with van der Waals surface area (Å²) in [5.41, 5.74) is 2.06. The summed E-state index contributed by atoms with van der Waals surface area (Å²) >= 11 is 2.81. The summed E-state index contributed by atoms with van der Waals surface area (Å²) < 4.78 is 32.7. The van der Waals surface area contributed by atoms with Gasteiger partial charge in [0.2, 0.25) is 10.9 Å². The van der Waals surface area contributed by atoms with E-state index in [0.717, 1.165) is 9.90 Å². The molecule has 0 aliphatic heterocycles. The molecule has 0 fully saturated rings. The number of hydrogen-bond donors (Lipinski definition) is 1. The van der Waals surface area contributed by atoms with Crippen molar-refractivity contribution in [2.75, 3.05) is 11.9 Å². The second-order valence-corrected chi connectivity index (χ2v) is 8.46. The molecule has 1 N–H and O–H groups in total. The molecule has 2 heterocycles. The highest BCUT2D eigenvalue weighted by Crippen LogP contribution is 2.29. The van der Waals surface area contributed by atoms with Gasteiger partial charge in [0, 0.05) is 16.7 Å². The van der Waals surface area contributed by atoms with Gasteiger partial charge < -0.3 is 9.73 Å². The molecule has 2 aromatic heterocycles. The van der Waals surface area contributed by atoms with Gasteiger partial charge in [-0.3, -0.25) is 4.79 Å². The summed E-state index contributed by atoms with van der Waals surface area (Å²) in [6.07, 6.45) is 0. The van der Waals surface area contributed by atoms with E-state index in [2.05, 4.69) is 15.5 Å². The van der Waals surface area contributed by atoms with Crippen LogP contribution in [0.2, 0.25) is 0 Å². The largest absolute Gasteiger partial charge is 0.453 e. The summed E-state index contributed by atoms with van der Waals surface area (Å²) in [6, 6.07) is 10.5. The molecular weight excluding hydrogens is 416 g/mol. The molecule has 5 nitrogen and oxygen atoms in total. The molecule has 0 aliphatic rings. The van der Waals surface area contributed by atoms with E-state index in [1.807, 2.05) is 0 Å². The molecule has 0 aliphatic carbocycles. The first-order chi connectivity index (χ1) is 14.0. The number of rotatable bonds is 7. The van der Waals surface area contributed by atoms with Crippen LogP contribution in [0.15, 0.2) is 51.2 Å². The minimum absolute atomic E-state index is 0.0135. The molecule has 0 radical (unpaired) electrons. The van der Waals surface area contributed by atoms with E-state index in [0.29, 0.717) is 27.4 Å². The van der Waals surface area contributed by atoms with Gasteiger partial charge in [0.25, 0.3) is 0 Å². The number of thioether (sulfide) groups is 1. The maximum Gasteiger partial charge on any atom is 0.217 e. The molecule has 0 bridgehead atoms. The van der Waals surface area contributed by atoms with Crippen LogP contribution in [0.4, 0.5) is 13.9 Å². The molecule has 9 heteroatoms. The summed E-state index contributed by atoms with van der Waals surface area (Å²) in [5, 5.41) is 12.2. The van der Waals surface area contributed by atoms with Crippen LogP contribution in [0.1, 0.15) is 21.7 Å². The Bertz CT molecular complexity index is 1170. The van der Waals surface area contributed by atoms with Crippen LogP contribution in [-0.4, -0.2) is 22.5 Å². The van der Waals surface area contributed by atoms with Crippen molar-refractivity contribution >= 4 is 45.0 Å². The fraction of sp³-hybridized carbons (Fsp3) is 0.150. The number of furan rings is 1. The predicted molar refractivity (Wildman–Crippen MR) is 110 cm³/mol. The van der Waals surface area contributed by atoms with Crippen LogP contribution in [0.5, 0.6) is 0 Å². The fourth-order valence-corrected chi connectivity index (χ4v) is 4.46. The number of benzene rings is 2. The van der Waals surface area contributed by atoms with Crippen molar-refractivity contribution in [2.24, 2.45) is 0 Å². The number of ketones is 1. The number of halogens is 2. The Morgan fingerprint density at radius 1 is 1.14 bits per heavy atom. The van der Waals surface area contributed by atoms with E-state index in [1.165, 1.54) is 53.4 Å². The van der Waals surface area contributed by atoms with E-state index in [4.69, 9.17) is 4.42 Å². The van der Waals surface area contributed by atoms with Gasteiger partial charge in [-0.2, -0.15) is 0 Å². The first-order valence-electron chi connectivity index (χ1n) is 8.66. The number of nitrogens with one attached hydrogen (secondary N) is 1. The van der Waals surface area contributed by atoms with E-state index in [1.54, 1.807) is 19.1 Å². The topological polar surface area (TPSA) is 68.0 Å². The number of carbonyl (C=O) groups is 1. The van der Waals surface area contributed by atoms with Crippen molar-refractivity contribution in [1.29, 1.82) is 0 Å². The lowest BCUT2D eigenvalue weighted by Crippen LogP contribution is -2.14. The highest BCUT2D eigenvalue weighted by molar-refractivity contribution is 8.00. The Balaban J connectivity index is 1.36. The fourth-order valence-electron chi connectivity index (χ4n) is 2.76. The molecule has 4 aromatic rings. The van der Waals surface area contributed by atoms with Crippen molar-refractivity contribution in [3.05, 3.63) is 71.0 Å². The number of carbonyl (C=O) groups excluding carboxylic acids is 1. The molecule has 29 heavy (non-hydrogen) atoms. The van der Waals surface area contributed by atoms with Crippen LogP contribution >= 0.6 is 23.1 Å². The highest BCUT2D eigenvalue weighted by Gasteiger charge is 2.18. The third-order valence-corrected chi connectivity index (χ3v) is 6.32. The molecule has 0 amide bonds. The molecule has 2 aromatic carbocycles. The Morgan fingerprint density at radius 3 is 2.69 bits per heavy atom. The maximum absolute atomic E-state index is 13.4. The Kier molecular flexibility index (Phi) is 5.59. The SMILES string of the molecule is Cc1c(C(=O)CNc2nnc(SCc3ccc(F)cc3)s2)oc2ccc(F)cc12. The number of aromatic nitrogens is 2. The summed E-state index contributed by atoms with van der Waals surface area (Å²) in [5.74, 6) is -0.0557. The average molecular weight is 431 g/mol. The Morgan fingerprint density at radius 2 is 1.90 bits per heavy atom. The molecule has 0 saturated heterocycles. The zero-order valence-corrected chi connectivity index (χ0v) is 16.9. The van der Waals surface area contributed by atoms with Gasteiger partial charge in [-0.15, -0.1) is 10.2 Å². The van der Waals surface area contributed by atoms with Gasteiger partial charge in [0.1, 0.15) is 17.2 Å². The van der Waals surface area contributed by atoms with Crippen LogP contribution < -0.4 is 5.32 Å². The first kappa shape index (κ1) is 19.5. The zero-order chi connectivity index (χ0) is 20.4. The summed E-state index contributed by atoms with van der Waals surface area (Å²) in [6.45, 7) is 1.72. The number of nitrogens with zero attached hydrogens (tertiary/aromatic N) is 2. The molecule has 0 atom stereocenters. The van der Waals surface area contributed by atoms with Gasteiger partial charge in [-0.05, 0) is 42.8 Å². The van der Waals surface area contributed by atoms with Crippen LogP contribution in [0.3, 0.4) is 0 Å². The molecule has 148 valence electrons. The average Bonchev–Trinajstić information content (AvgIpc) is 3.30. The van der Waals surface area contributed by atoms with Crippen LogP contribution in [0.25, 0.3) is 11.0 Å². The molecule has 0 unspecified atom stereocenters. The van der Waals surface area contributed by atoms with Gasteiger partial charge in [-0.25, -0.2) is 8.78 Å². The van der Waals surface area contributed by atoms with E-state index in [-0.39, 0.29) is 29.7 Å². The third kappa shape index (κ3) is 4.46. The number of aryl methyl sites for hydroxylation is 1. The second kappa shape index (κ2) is 8.30. The van der Waals surface area contributed by atoms with Crippen molar-refractivity contribution in [1.82, 2.24) is 10.2 Å². The van der Waals surface area contributed by atoms with Gasteiger partial charge >= 0.3 is 0 Å². The molecule has 4 rings (SSSR count). The molecule has 0 spiro atoms. The maximum atomic E-state index is 13.4. The minimum atomic E-state index is -0.377. The lowest BCUT2D eigenvalue weighted by molar-refractivity contribution is 0.0981. The minimum Gasteiger partial charge on any atom is -0.453 e. The quantitative estimate of drug-likeness (QED) is 0.310. The lowest BCUT2D eigenvalue weighted by Gasteiger charge is -2.00. The van der Waals surface area contributed by atoms with E-state index < -0.39 is 0 Å². The Hall–Kier alpha value is -2.78. The second-order valence-electron chi connectivity index (χ2n) is 6.26. The normalized spacial score (nSPS) is 11.1. The van der Waals surface area contributed by atoms with E-state index in [9.17, 15) is 13.6 Å². The van der Waals surface area contributed by atoms with Crippen LogP contribution in [0, 0.1) is 18.6 Å². The van der Waals surface area contributed by atoms with E-state index >= 15 is 0 Å². The monoisotopic (exact) mass is 431 g/mol. The van der Waals surface area contributed by atoms with Crippen LogP contribution in [-0.2, 0) is 5.75 Å². The number of Topliss-reactive ketones (excluding diaryl/α,β-unsaturated/α-hetero) is 1. The molecular formula is C20H15F2N3O2S2. The lowest BCUT2D eigenvalue weighted by atomic mass is 10.1. The molecule has 0 saturated carbocycles. The van der Waals surface area contributed by atoms with Gasteiger partial charge in [0.05, 0.1) is 6.54 Å². The number of anilines is 1. The van der Waals surface area contributed by atoms with Crippen molar-refractivity contribution in [2.45, 2.75) is 17.0 Å². The summed E-state index contributed by atoms with van der Waals surface area (Å²) in [7, 11) is 0. The predicted octanol–water partition coefficient (Wildman–Crippen LogP) is 5.46. The zero-order valence-electron chi connectivity index (χ0n) is 15.2. The first-order valence-corrected chi connectivity index (χ1v) is 10.5. The van der Waals surface area contributed by atoms with Gasteiger partial charge in [0.15, 0.2) is 10.1 Å². The number of hydrogen-bond acceptors (Lipinski definition) is 7. The Labute approximate surface area is 173 Å². The number of fused-ring (bicyclic) bond motifs is 1. The highest BCUT2D eigenvalue weighted by atomic mass is 32.2. The van der Waals surface area contributed by atoms with Gasteiger partial charge in [-0.1, -0.05) is 35.2 Å². The van der Waals surface area contributed by atoms with Crippen molar-refractivity contribution in [3.63, 3.8) is 0 Å². The van der Waals surface area contributed by atoms with Crippen molar-refractivity contribution in [3.8, 4) is 0 Å². The summed E-state index contributed by atoms with van der Waals surface area (Å²) in [4.78, 5) is 12.5. The smallest absolute Gasteiger partial charge is 0.217 e. The standard InChI is InChI=1S/C20H15F2N3O2S2/c1-11-15-8-14(22)6-7-17(15)27-18(11)16(26)9-23-19-24-25-20(29-19)28-10-12-2-4-13(21)5-3-12/h2-8H,9-10H2,1H3,(H,23,24).